The molecule has 1 fully saturated rings. The van der Waals surface area contributed by atoms with Gasteiger partial charge < -0.3 is 25.4 Å². The number of carboxylic acids is 1. The summed E-state index contributed by atoms with van der Waals surface area (Å²) >= 11 is 0. The minimum absolute atomic E-state index is 0.102. The van der Waals surface area contributed by atoms with Gasteiger partial charge in [-0.2, -0.15) is 0 Å². The van der Waals surface area contributed by atoms with Crippen LogP contribution in [-0.4, -0.2) is 58.0 Å². The van der Waals surface area contributed by atoms with E-state index in [-0.39, 0.29) is 11.0 Å². The number of nitrogens with zero attached hydrogens (tertiary/aromatic N) is 4. The van der Waals surface area contributed by atoms with Crippen LogP contribution in [0.25, 0.3) is 16.9 Å². The maximum Gasteiger partial charge on any atom is 0.335 e. The lowest BCUT2D eigenvalue weighted by Crippen LogP contribution is -2.37. The first-order chi connectivity index (χ1) is 18.2. The van der Waals surface area contributed by atoms with Gasteiger partial charge in [0.05, 0.1) is 18.8 Å². The number of ether oxygens (including phenoxy) is 1. The average Bonchev–Trinajstić information content (AvgIpc) is 3.34. The molecule has 3 heterocycles. The predicted molar refractivity (Wildman–Crippen MR) is 146 cm³/mol. The summed E-state index contributed by atoms with van der Waals surface area (Å²) in [4.78, 5) is 30.6. The van der Waals surface area contributed by atoms with Crippen molar-refractivity contribution in [2.45, 2.75) is 26.2 Å². The number of benzene rings is 2. The maximum absolute atomic E-state index is 12.4. The largest absolute Gasteiger partial charge is 0.478 e. The number of aromatic nitrogens is 3. The summed E-state index contributed by atoms with van der Waals surface area (Å²) in [7, 11) is 0. The van der Waals surface area contributed by atoms with E-state index >= 15 is 0 Å². The minimum atomic E-state index is -1.02. The van der Waals surface area contributed by atoms with Gasteiger partial charge in [-0.25, -0.2) is 19.1 Å². The Morgan fingerprint density at radius 3 is 2.08 bits per heavy atom. The van der Waals surface area contributed by atoms with Crippen LogP contribution in [0.5, 0.6) is 0 Å². The number of fused-ring (bicyclic) bond motifs is 1. The fraction of sp³-hybridized carbons (Fsp3) is 0.286. The molecule has 1 aliphatic heterocycles. The molecule has 2 amide bonds. The highest BCUT2D eigenvalue weighted by Gasteiger charge is 2.24. The monoisotopic (exact) mass is 514 g/mol. The van der Waals surface area contributed by atoms with Crippen LogP contribution in [0, 0.1) is 0 Å². The fourth-order valence-corrected chi connectivity index (χ4v) is 4.37. The third-order valence-corrected chi connectivity index (χ3v) is 6.36. The van der Waals surface area contributed by atoms with E-state index in [1.807, 2.05) is 16.6 Å². The van der Waals surface area contributed by atoms with Gasteiger partial charge in [0.1, 0.15) is 5.52 Å². The summed E-state index contributed by atoms with van der Waals surface area (Å²) < 4.78 is 7.54. The van der Waals surface area contributed by atoms with Crippen LogP contribution in [0.2, 0.25) is 0 Å². The topological polar surface area (TPSA) is 121 Å². The number of carbonyl (C=O) groups is 2. The Bertz CT molecular complexity index is 1470. The maximum atomic E-state index is 12.4. The number of hydrogen-bond acceptors (Lipinski definition) is 6. The summed E-state index contributed by atoms with van der Waals surface area (Å²) in [6, 6.07) is 17.1. The molecule has 0 unspecified atom stereocenters. The average molecular weight is 515 g/mol. The van der Waals surface area contributed by atoms with Crippen molar-refractivity contribution < 1.29 is 19.4 Å². The highest BCUT2D eigenvalue weighted by Crippen LogP contribution is 2.30. The second-order valence-electron chi connectivity index (χ2n) is 10.2. The summed E-state index contributed by atoms with van der Waals surface area (Å²) in [5.74, 6) is 0.451. The quantitative estimate of drug-likeness (QED) is 0.347. The molecule has 10 heteroatoms. The molecule has 10 nitrogen and oxygen atoms in total. The molecule has 5 rings (SSSR count). The predicted octanol–water partition coefficient (Wildman–Crippen LogP) is 4.87. The lowest BCUT2D eigenvalue weighted by Gasteiger charge is -2.29. The van der Waals surface area contributed by atoms with Crippen LogP contribution in [0.1, 0.15) is 36.8 Å². The van der Waals surface area contributed by atoms with Crippen molar-refractivity contribution >= 4 is 34.7 Å². The van der Waals surface area contributed by atoms with Gasteiger partial charge in [0, 0.05) is 41.1 Å². The number of nitrogens with one attached hydrogen (secondary N) is 2. The molecular formula is C28H30N6O4. The third kappa shape index (κ3) is 5.30. The first-order valence-corrected chi connectivity index (χ1v) is 12.4. The van der Waals surface area contributed by atoms with E-state index in [9.17, 15) is 9.59 Å². The molecule has 3 N–H and O–H groups in total. The number of morpholine rings is 1. The second-order valence-corrected chi connectivity index (χ2v) is 10.2. The SMILES string of the molecule is CC(C)(C)c1ccc2c(N3CCOCC3)nc(-c3ccc(NC(=O)Nc4ccc(C(=O)O)cc4)cc3)nn12. The molecule has 4 aromatic rings. The molecule has 0 atom stereocenters. The van der Waals surface area contributed by atoms with Gasteiger partial charge in [-0.15, -0.1) is 5.10 Å². The smallest absolute Gasteiger partial charge is 0.335 e. The van der Waals surface area contributed by atoms with E-state index in [2.05, 4.69) is 48.4 Å². The number of rotatable bonds is 5. The van der Waals surface area contributed by atoms with Gasteiger partial charge in [-0.3, -0.25) is 0 Å². The van der Waals surface area contributed by atoms with Gasteiger partial charge >= 0.3 is 12.0 Å². The molecule has 0 aliphatic carbocycles. The number of carboxylic acid groups (broad SMARTS) is 1. The van der Waals surface area contributed by atoms with Crippen LogP contribution in [0.4, 0.5) is 22.0 Å². The molecule has 2 aromatic carbocycles. The van der Waals surface area contributed by atoms with Crippen molar-refractivity contribution in [1.82, 2.24) is 14.6 Å². The number of aromatic carboxylic acids is 1. The summed E-state index contributed by atoms with van der Waals surface area (Å²) in [6.45, 7) is 9.33. The molecule has 0 bridgehead atoms. The Morgan fingerprint density at radius 2 is 1.50 bits per heavy atom. The highest BCUT2D eigenvalue weighted by molar-refractivity contribution is 6.00. The summed E-state index contributed by atoms with van der Waals surface area (Å²) in [5, 5.41) is 19.4. The molecule has 38 heavy (non-hydrogen) atoms. The number of hydrogen-bond donors (Lipinski definition) is 3. The van der Waals surface area contributed by atoms with E-state index in [0.717, 1.165) is 35.7 Å². The summed E-state index contributed by atoms with van der Waals surface area (Å²) in [6.07, 6.45) is 0. The first-order valence-electron chi connectivity index (χ1n) is 12.4. The highest BCUT2D eigenvalue weighted by atomic mass is 16.5. The van der Waals surface area contributed by atoms with E-state index < -0.39 is 12.0 Å². The van der Waals surface area contributed by atoms with Gasteiger partial charge in [-0.05, 0) is 60.7 Å². The van der Waals surface area contributed by atoms with E-state index in [0.29, 0.717) is 30.4 Å². The van der Waals surface area contributed by atoms with Crippen LogP contribution in [0.3, 0.4) is 0 Å². The van der Waals surface area contributed by atoms with E-state index in [1.54, 1.807) is 24.3 Å². The van der Waals surface area contributed by atoms with Gasteiger partial charge in [-0.1, -0.05) is 20.8 Å². The van der Waals surface area contributed by atoms with Crippen molar-refractivity contribution in [2.75, 3.05) is 41.8 Å². The second kappa shape index (κ2) is 10.1. The van der Waals surface area contributed by atoms with Crippen molar-refractivity contribution in [3.8, 4) is 11.4 Å². The Hall–Kier alpha value is -4.44. The molecule has 0 spiro atoms. The molecule has 1 saturated heterocycles. The molecule has 0 saturated carbocycles. The van der Waals surface area contributed by atoms with Crippen molar-refractivity contribution in [2.24, 2.45) is 0 Å². The van der Waals surface area contributed by atoms with E-state index in [1.165, 1.54) is 12.1 Å². The normalized spacial score (nSPS) is 13.9. The molecule has 1 aliphatic rings. The molecule has 2 aromatic heterocycles. The third-order valence-electron chi connectivity index (χ3n) is 6.36. The fourth-order valence-electron chi connectivity index (χ4n) is 4.37. The van der Waals surface area contributed by atoms with Crippen molar-refractivity contribution in [1.29, 1.82) is 0 Å². The minimum Gasteiger partial charge on any atom is -0.478 e. The molecule has 0 radical (unpaired) electrons. The number of anilines is 3. The van der Waals surface area contributed by atoms with Crippen molar-refractivity contribution in [3.05, 3.63) is 71.9 Å². The standard InChI is InChI=1S/C28H30N6O4/c1-28(2,3)23-13-12-22-25(33-14-16-38-17-15-33)31-24(32-34(22)23)18-4-8-20(9-5-18)29-27(37)30-21-10-6-19(7-11-21)26(35)36/h4-13H,14-17H2,1-3H3,(H,35,36)(H2,29,30,37). The Balaban J connectivity index is 1.39. The van der Waals surface area contributed by atoms with Gasteiger partial charge in [0.25, 0.3) is 0 Å². The van der Waals surface area contributed by atoms with Gasteiger partial charge in [0.2, 0.25) is 0 Å². The zero-order valence-electron chi connectivity index (χ0n) is 21.6. The van der Waals surface area contributed by atoms with Crippen LogP contribution < -0.4 is 15.5 Å². The zero-order valence-corrected chi connectivity index (χ0v) is 21.6. The van der Waals surface area contributed by atoms with Gasteiger partial charge in [0.15, 0.2) is 11.6 Å². The lowest BCUT2D eigenvalue weighted by molar-refractivity contribution is 0.0697. The number of amides is 2. The molecular weight excluding hydrogens is 484 g/mol. The number of carbonyl (C=O) groups excluding carboxylic acids is 1. The van der Waals surface area contributed by atoms with Crippen LogP contribution in [-0.2, 0) is 10.2 Å². The lowest BCUT2D eigenvalue weighted by atomic mass is 9.93. The number of urea groups is 1. The Morgan fingerprint density at radius 1 is 0.895 bits per heavy atom. The Kier molecular flexibility index (Phi) is 6.73. The summed E-state index contributed by atoms with van der Waals surface area (Å²) in [5.41, 5.74) is 4.02. The van der Waals surface area contributed by atoms with Crippen LogP contribution in [0.15, 0.2) is 60.7 Å². The Labute approximate surface area is 220 Å². The van der Waals surface area contributed by atoms with E-state index in [4.69, 9.17) is 19.9 Å². The zero-order chi connectivity index (χ0) is 26.9. The van der Waals surface area contributed by atoms with Crippen LogP contribution >= 0.6 is 0 Å². The first kappa shape index (κ1) is 25.2. The van der Waals surface area contributed by atoms with Crippen molar-refractivity contribution in [3.63, 3.8) is 0 Å². The molecule has 196 valence electrons.